The largest absolute Gasteiger partial charge is 0.460 e. The van der Waals surface area contributed by atoms with Crippen LogP contribution >= 0.6 is 0 Å². The Balaban J connectivity index is 2.06. The minimum Gasteiger partial charge on any atom is -0.460 e. The number of aryl methyl sites for hydroxylation is 1. The minimum absolute atomic E-state index is 0.214. The molecule has 0 spiro atoms. The Bertz CT molecular complexity index is 564. The van der Waals surface area contributed by atoms with Crippen molar-refractivity contribution >= 4 is 0 Å². The number of aromatic nitrogens is 2. The SMILES string of the molecule is CCC(CC#N)NCc1cn[nH]c1-c1ccc(C)o1. The summed E-state index contributed by atoms with van der Waals surface area (Å²) in [5.41, 5.74) is 1.94. The molecule has 0 saturated heterocycles. The van der Waals surface area contributed by atoms with Crippen LogP contribution in [0.1, 0.15) is 31.1 Å². The van der Waals surface area contributed by atoms with Crippen molar-refractivity contribution in [1.29, 1.82) is 5.26 Å². The van der Waals surface area contributed by atoms with E-state index in [0.717, 1.165) is 29.2 Å². The fourth-order valence-corrected chi connectivity index (χ4v) is 1.95. The van der Waals surface area contributed by atoms with Gasteiger partial charge in [-0.25, -0.2) is 0 Å². The highest BCUT2D eigenvalue weighted by Crippen LogP contribution is 2.23. The van der Waals surface area contributed by atoms with Gasteiger partial charge in [-0.1, -0.05) is 6.92 Å². The first-order valence-electron chi connectivity index (χ1n) is 6.44. The van der Waals surface area contributed by atoms with E-state index < -0.39 is 0 Å². The van der Waals surface area contributed by atoms with E-state index >= 15 is 0 Å². The summed E-state index contributed by atoms with van der Waals surface area (Å²) >= 11 is 0. The van der Waals surface area contributed by atoms with Gasteiger partial charge in [-0.2, -0.15) is 10.4 Å². The number of H-pyrrole nitrogens is 1. The first-order chi connectivity index (χ1) is 9.24. The van der Waals surface area contributed by atoms with Crippen LogP contribution in [0.5, 0.6) is 0 Å². The molecule has 2 N–H and O–H groups in total. The standard InChI is InChI=1S/C14H18N4O/c1-3-12(6-7-15)16-8-11-9-17-18-14(11)13-5-4-10(2)19-13/h4-5,9,12,16H,3,6,8H2,1-2H3,(H,17,18). The molecule has 2 heterocycles. The number of aromatic amines is 1. The van der Waals surface area contributed by atoms with Crippen LogP contribution in [0.3, 0.4) is 0 Å². The molecule has 0 aromatic carbocycles. The molecule has 0 saturated carbocycles. The monoisotopic (exact) mass is 258 g/mol. The Morgan fingerprint density at radius 2 is 2.37 bits per heavy atom. The van der Waals surface area contributed by atoms with Crippen LogP contribution < -0.4 is 5.32 Å². The molecular formula is C14H18N4O. The zero-order valence-corrected chi connectivity index (χ0v) is 11.2. The van der Waals surface area contributed by atoms with Crippen LogP contribution in [0, 0.1) is 18.3 Å². The second kappa shape index (κ2) is 6.21. The predicted octanol–water partition coefficient (Wildman–Crippen LogP) is 2.76. The number of rotatable bonds is 6. The van der Waals surface area contributed by atoms with Crippen LogP contribution in [0.15, 0.2) is 22.7 Å². The van der Waals surface area contributed by atoms with Gasteiger partial charge < -0.3 is 9.73 Å². The summed E-state index contributed by atoms with van der Waals surface area (Å²) < 4.78 is 5.60. The topological polar surface area (TPSA) is 77.6 Å². The molecule has 0 aliphatic heterocycles. The van der Waals surface area contributed by atoms with Crippen molar-refractivity contribution in [2.75, 3.05) is 0 Å². The number of furan rings is 1. The van der Waals surface area contributed by atoms with E-state index in [2.05, 4.69) is 28.5 Å². The average molecular weight is 258 g/mol. The molecule has 0 fully saturated rings. The van der Waals surface area contributed by atoms with Crippen LogP contribution in [0.2, 0.25) is 0 Å². The molecular weight excluding hydrogens is 240 g/mol. The van der Waals surface area contributed by atoms with E-state index in [4.69, 9.17) is 9.68 Å². The van der Waals surface area contributed by atoms with Gasteiger partial charge in [0.1, 0.15) is 11.5 Å². The first kappa shape index (κ1) is 13.4. The highest BCUT2D eigenvalue weighted by Gasteiger charge is 2.12. The van der Waals surface area contributed by atoms with Crippen LogP contribution in [0.25, 0.3) is 11.5 Å². The lowest BCUT2D eigenvalue weighted by atomic mass is 10.1. The summed E-state index contributed by atoms with van der Waals surface area (Å²) in [4.78, 5) is 0. The van der Waals surface area contributed by atoms with Gasteiger partial charge in [0.2, 0.25) is 0 Å². The van der Waals surface area contributed by atoms with Crippen molar-refractivity contribution in [3.8, 4) is 17.5 Å². The van der Waals surface area contributed by atoms with E-state index in [1.807, 2.05) is 19.1 Å². The Morgan fingerprint density at radius 3 is 3.00 bits per heavy atom. The Labute approximate surface area is 112 Å². The molecule has 100 valence electrons. The van der Waals surface area contributed by atoms with Gasteiger partial charge in [0.25, 0.3) is 0 Å². The lowest BCUT2D eigenvalue weighted by Gasteiger charge is -2.12. The summed E-state index contributed by atoms with van der Waals surface area (Å²) in [6, 6.07) is 6.27. The van der Waals surface area contributed by atoms with Crippen LogP contribution in [0.4, 0.5) is 0 Å². The number of nitrogens with zero attached hydrogens (tertiary/aromatic N) is 2. The summed E-state index contributed by atoms with van der Waals surface area (Å²) in [6.07, 6.45) is 3.24. The molecule has 0 bridgehead atoms. The van der Waals surface area contributed by atoms with Gasteiger partial charge in [-0.3, -0.25) is 5.10 Å². The molecule has 0 aliphatic carbocycles. The second-order valence-corrected chi connectivity index (χ2v) is 4.53. The lowest BCUT2D eigenvalue weighted by molar-refractivity contribution is 0.503. The quantitative estimate of drug-likeness (QED) is 0.835. The zero-order valence-electron chi connectivity index (χ0n) is 11.2. The van der Waals surface area contributed by atoms with Crippen molar-refractivity contribution < 1.29 is 4.42 Å². The maximum atomic E-state index is 8.74. The molecule has 0 radical (unpaired) electrons. The van der Waals surface area contributed by atoms with Gasteiger partial charge in [0, 0.05) is 18.2 Å². The highest BCUT2D eigenvalue weighted by atomic mass is 16.3. The molecule has 2 aromatic rings. The molecule has 1 atom stereocenters. The molecule has 0 aliphatic rings. The molecule has 5 heteroatoms. The van der Waals surface area contributed by atoms with Crippen molar-refractivity contribution in [1.82, 2.24) is 15.5 Å². The summed E-state index contributed by atoms with van der Waals surface area (Å²) in [5.74, 6) is 1.67. The van der Waals surface area contributed by atoms with Crippen molar-refractivity contribution in [3.63, 3.8) is 0 Å². The number of hydrogen-bond acceptors (Lipinski definition) is 4. The van der Waals surface area contributed by atoms with Gasteiger partial charge >= 0.3 is 0 Å². The number of hydrogen-bond donors (Lipinski definition) is 2. The highest BCUT2D eigenvalue weighted by molar-refractivity contribution is 5.56. The molecule has 2 rings (SSSR count). The number of nitrogens with one attached hydrogen (secondary N) is 2. The van der Waals surface area contributed by atoms with E-state index in [9.17, 15) is 0 Å². The van der Waals surface area contributed by atoms with Crippen molar-refractivity contribution in [2.45, 2.75) is 39.3 Å². The minimum atomic E-state index is 0.214. The summed E-state index contributed by atoms with van der Waals surface area (Å²) in [6.45, 7) is 4.66. The van der Waals surface area contributed by atoms with E-state index in [-0.39, 0.29) is 6.04 Å². The fraction of sp³-hybridized carbons (Fsp3) is 0.429. The van der Waals surface area contributed by atoms with Gasteiger partial charge in [-0.15, -0.1) is 0 Å². The van der Waals surface area contributed by atoms with E-state index in [0.29, 0.717) is 13.0 Å². The zero-order chi connectivity index (χ0) is 13.7. The van der Waals surface area contributed by atoms with Gasteiger partial charge in [0.05, 0.1) is 18.7 Å². The smallest absolute Gasteiger partial charge is 0.152 e. The Kier molecular flexibility index (Phi) is 4.37. The number of nitriles is 1. The summed E-state index contributed by atoms with van der Waals surface area (Å²) in [7, 11) is 0. The third-order valence-electron chi connectivity index (χ3n) is 3.12. The second-order valence-electron chi connectivity index (χ2n) is 4.53. The Hall–Kier alpha value is -2.06. The maximum Gasteiger partial charge on any atom is 0.152 e. The predicted molar refractivity (Wildman–Crippen MR) is 72.2 cm³/mol. The molecule has 5 nitrogen and oxygen atoms in total. The van der Waals surface area contributed by atoms with Gasteiger partial charge in [-0.05, 0) is 25.5 Å². The third kappa shape index (κ3) is 3.24. The Morgan fingerprint density at radius 1 is 1.53 bits per heavy atom. The normalized spacial score (nSPS) is 12.3. The molecule has 0 amide bonds. The van der Waals surface area contributed by atoms with E-state index in [1.54, 1.807) is 6.20 Å². The van der Waals surface area contributed by atoms with Crippen molar-refractivity contribution in [3.05, 3.63) is 29.7 Å². The molecule has 19 heavy (non-hydrogen) atoms. The lowest BCUT2D eigenvalue weighted by Crippen LogP contribution is -2.27. The van der Waals surface area contributed by atoms with E-state index in [1.165, 1.54) is 0 Å². The van der Waals surface area contributed by atoms with Crippen LogP contribution in [-0.2, 0) is 6.54 Å². The average Bonchev–Trinajstić information content (AvgIpc) is 3.02. The first-order valence-corrected chi connectivity index (χ1v) is 6.44. The molecule has 1 unspecified atom stereocenters. The van der Waals surface area contributed by atoms with Gasteiger partial charge in [0.15, 0.2) is 5.76 Å². The fourth-order valence-electron chi connectivity index (χ4n) is 1.95. The van der Waals surface area contributed by atoms with Crippen LogP contribution in [-0.4, -0.2) is 16.2 Å². The summed E-state index contributed by atoms with van der Waals surface area (Å²) in [5, 5.41) is 19.1. The maximum absolute atomic E-state index is 8.74. The molecule has 2 aromatic heterocycles. The third-order valence-corrected chi connectivity index (χ3v) is 3.12. The van der Waals surface area contributed by atoms with Crippen molar-refractivity contribution in [2.24, 2.45) is 0 Å².